The molecule has 0 radical (unpaired) electrons. The van der Waals surface area contributed by atoms with Crippen molar-refractivity contribution in [2.24, 2.45) is 0 Å². The summed E-state index contributed by atoms with van der Waals surface area (Å²) in [4.78, 5) is 23.8. The average molecular weight is 367 g/mol. The maximum Gasteiger partial charge on any atom is 0.462 e. The highest BCUT2D eigenvalue weighted by Gasteiger charge is 2.54. The fourth-order valence-corrected chi connectivity index (χ4v) is 4.13. The predicted molar refractivity (Wildman–Crippen MR) is 109 cm³/mol. The zero-order valence-electron chi connectivity index (χ0n) is 15.1. The third-order valence-corrected chi connectivity index (χ3v) is 5.24. The van der Waals surface area contributed by atoms with Gasteiger partial charge in [-0.3, -0.25) is 0 Å². The molecule has 0 aliphatic carbocycles. The molecule has 0 aliphatic heterocycles. The van der Waals surface area contributed by atoms with E-state index in [1.165, 1.54) is 9.56 Å². The Morgan fingerprint density at radius 3 is 1.08 bits per heavy atom. The van der Waals surface area contributed by atoms with Crippen molar-refractivity contribution in [3.8, 4) is 0 Å². The molecule has 0 atom stereocenters. The molecule has 0 unspecified atom stereocenters. The molecular formula is C18H32N4O2P+. The van der Waals surface area contributed by atoms with Gasteiger partial charge in [-0.05, 0) is 0 Å². The molecule has 25 heavy (non-hydrogen) atoms. The smallest absolute Gasteiger partial charge is 0.185 e. The zero-order chi connectivity index (χ0) is 19.3. The summed E-state index contributed by atoms with van der Waals surface area (Å²) in [5.74, 6) is 0. The topological polar surface area (TPSA) is 53.4 Å². The van der Waals surface area contributed by atoms with Crippen LogP contribution in [0.25, 0.3) is 0 Å². The highest BCUT2D eigenvalue weighted by Crippen LogP contribution is 2.58. The molecule has 0 aliphatic rings. The normalized spacial score (nSPS) is 11.8. The highest BCUT2D eigenvalue weighted by atomic mass is 31.2. The van der Waals surface area contributed by atoms with Crippen LogP contribution in [0, 0.1) is 0 Å². The first kappa shape index (κ1) is 23.6. The molecule has 0 aromatic carbocycles. The van der Waals surface area contributed by atoms with Crippen LogP contribution in [0.4, 0.5) is 0 Å². The minimum Gasteiger partial charge on any atom is -0.185 e. The number of nitrogens with zero attached hydrogens (tertiary/aromatic N) is 4. The fraction of sp³-hybridized carbons (Fsp3) is 0.333. The van der Waals surface area contributed by atoms with Gasteiger partial charge in [0.05, 0.1) is 13.1 Å². The summed E-state index contributed by atoms with van der Waals surface area (Å²) in [7, 11) is -3.74. The van der Waals surface area contributed by atoms with Crippen LogP contribution in [-0.4, -0.2) is 68.6 Å². The van der Waals surface area contributed by atoms with E-state index in [4.69, 9.17) is 0 Å². The van der Waals surface area contributed by atoms with Crippen LogP contribution < -0.4 is 0 Å². The van der Waals surface area contributed by atoms with Gasteiger partial charge in [-0.15, -0.1) is 44.1 Å². The molecule has 0 aromatic heterocycles. The molecule has 0 amide bonds. The lowest BCUT2D eigenvalue weighted by Gasteiger charge is -2.41. The van der Waals surface area contributed by atoms with E-state index in [0.717, 1.165) is 0 Å². The Morgan fingerprint density at radius 2 is 0.840 bits per heavy atom. The molecule has 2 N–H and O–H groups in total. The first-order valence-electron chi connectivity index (χ1n) is 8.00. The van der Waals surface area contributed by atoms with Gasteiger partial charge in [0, 0.05) is 31.1 Å². The predicted octanol–water partition coefficient (Wildman–Crippen LogP) is 2.80. The summed E-state index contributed by atoms with van der Waals surface area (Å²) >= 11 is 0. The van der Waals surface area contributed by atoms with E-state index >= 15 is 0 Å². The Balaban J connectivity index is 6.07. The summed E-state index contributed by atoms with van der Waals surface area (Å²) < 4.78 is 1.53. The summed E-state index contributed by atoms with van der Waals surface area (Å²) in [5, 5.41) is 3.53. The molecule has 0 fully saturated rings. The van der Waals surface area contributed by atoms with Crippen LogP contribution in [0.5, 0.6) is 0 Å². The third-order valence-electron chi connectivity index (χ3n) is 3.16. The fourth-order valence-electron chi connectivity index (χ4n) is 2.26. The largest absolute Gasteiger partial charge is 0.462 e. The lowest BCUT2D eigenvalue weighted by molar-refractivity contribution is -0.110. The van der Waals surface area contributed by atoms with Crippen molar-refractivity contribution >= 4 is 8.02 Å². The van der Waals surface area contributed by atoms with Crippen molar-refractivity contribution in [3.05, 3.63) is 75.9 Å². The van der Waals surface area contributed by atoms with Gasteiger partial charge in [0.2, 0.25) is 0 Å². The van der Waals surface area contributed by atoms with E-state index in [2.05, 4.69) is 39.5 Å². The molecule has 6 nitrogen and oxygen atoms in total. The quantitative estimate of drug-likeness (QED) is 0.249. The molecule has 0 heterocycles. The highest BCUT2D eigenvalue weighted by molar-refractivity contribution is 7.59. The van der Waals surface area contributed by atoms with Gasteiger partial charge in [0.25, 0.3) is 0 Å². The van der Waals surface area contributed by atoms with Crippen LogP contribution >= 0.6 is 8.02 Å². The van der Waals surface area contributed by atoms with Gasteiger partial charge in [0.15, 0.2) is 0 Å². The van der Waals surface area contributed by atoms with Gasteiger partial charge in [-0.25, -0.2) is 0 Å². The molecule has 0 rings (SSSR count). The van der Waals surface area contributed by atoms with E-state index in [1.807, 2.05) is 0 Å². The first-order chi connectivity index (χ1) is 11.9. The van der Waals surface area contributed by atoms with Crippen LogP contribution in [0.2, 0.25) is 0 Å². The van der Waals surface area contributed by atoms with Gasteiger partial charge >= 0.3 is 8.02 Å². The standard InChI is InChI=1S/C18H32N4O2P/c1-7-13-19(14-8-2)22(20(15-9-3)16-10-4)25(23,24)21(17-11-5)18-12-6/h7-12,23-24H,1-6,13-18H2/q+1. The second-order valence-electron chi connectivity index (χ2n) is 5.15. The second kappa shape index (κ2) is 12.9. The minimum atomic E-state index is -3.74. The monoisotopic (exact) mass is 367 g/mol. The van der Waals surface area contributed by atoms with Gasteiger partial charge in [-0.1, -0.05) is 36.5 Å². The van der Waals surface area contributed by atoms with Gasteiger partial charge < -0.3 is 0 Å². The Kier molecular flexibility index (Phi) is 12.2. The zero-order valence-corrected chi connectivity index (χ0v) is 16.0. The van der Waals surface area contributed by atoms with E-state index in [1.54, 1.807) is 46.5 Å². The van der Waals surface area contributed by atoms with E-state index in [-0.39, 0.29) is 0 Å². The van der Waals surface area contributed by atoms with Crippen LogP contribution in [0.15, 0.2) is 75.9 Å². The van der Waals surface area contributed by atoms with Crippen LogP contribution in [0.3, 0.4) is 0 Å². The van der Waals surface area contributed by atoms with Crippen LogP contribution in [0.1, 0.15) is 0 Å². The SMILES string of the molecule is C=CCN(CC=C)N(N(CC=C)CC=C)[P+](O)(O)N(CC=C)CC=C. The molecule has 0 saturated heterocycles. The van der Waals surface area contributed by atoms with Crippen molar-refractivity contribution in [3.63, 3.8) is 0 Å². The Morgan fingerprint density at radius 1 is 0.560 bits per heavy atom. The van der Waals surface area contributed by atoms with Crippen molar-refractivity contribution < 1.29 is 9.79 Å². The summed E-state index contributed by atoms with van der Waals surface area (Å²) in [6.07, 6.45) is 10.0. The number of hydrogen-bond acceptors (Lipinski definition) is 6. The molecule has 140 valence electrons. The summed E-state index contributed by atoms with van der Waals surface area (Å²) in [6, 6.07) is 0. The minimum absolute atomic E-state index is 0.301. The Labute approximate surface area is 153 Å². The third kappa shape index (κ3) is 7.18. The number of hydrazine groups is 2. The molecule has 0 aromatic rings. The summed E-state index contributed by atoms with van der Waals surface area (Å²) in [6.45, 7) is 24.7. The lowest BCUT2D eigenvalue weighted by atomic mass is 10.5. The molecule has 0 saturated carbocycles. The van der Waals surface area contributed by atoms with E-state index < -0.39 is 8.02 Å². The number of hydrogen-bond donors (Lipinski definition) is 2. The maximum atomic E-state index is 11.1. The second-order valence-corrected chi connectivity index (χ2v) is 7.15. The van der Waals surface area contributed by atoms with Gasteiger partial charge in [0.1, 0.15) is 0 Å². The maximum absolute atomic E-state index is 11.1. The number of rotatable bonds is 16. The lowest BCUT2D eigenvalue weighted by Crippen LogP contribution is -2.55. The summed E-state index contributed by atoms with van der Waals surface area (Å²) in [5.41, 5.74) is 0. The Hall–Kier alpha value is -1.37. The molecule has 7 heteroatoms. The average Bonchev–Trinajstić information content (AvgIpc) is 2.55. The molecule has 0 bridgehead atoms. The van der Waals surface area contributed by atoms with Crippen molar-refractivity contribution in [2.45, 2.75) is 0 Å². The molecule has 0 spiro atoms. The van der Waals surface area contributed by atoms with Crippen molar-refractivity contribution in [1.29, 1.82) is 0 Å². The van der Waals surface area contributed by atoms with Crippen molar-refractivity contribution in [1.82, 2.24) is 19.6 Å². The molecular weight excluding hydrogens is 335 g/mol. The Bertz CT molecular complexity index is 414. The van der Waals surface area contributed by atoms with E-state index in [9.17, 15) is 9.79 Å². The van der Waals surface area contributed by atoms with Gasteiger partial charge in [-0.2, -0.15) is 19.8 Å². The first-order valence-corrected chi connectivity index (χ1v) is 9.60. The van der Waals surface area contributed by atoms with Crippen molar-refractivity contribution in [2.75, 3.05) is 39.3 Å². The van der Waals surface area contributed by atoms with E-state index in [0.29, 0.717) is 39.3 Å². The van der Waals surface area contributed by atoms with Crippen LogP contribution in [-0.2, 0) is 0 Å².